The number of methoxy groups -OCH3 is 1. The highest BCUT2D eigenvalue weighted by Crippen LogP contribution is 2.39. The Bertz CT molecular complexity index is 358. The zero-order chi connectivity index (χ0) is 12.3. The van der Waals surface area contributed by atoms with Gasteiger partial charge in [0.1, 0.15) is 0 Å². The van der Waals surface area contributed by atoms with Crippen LogP contribution in [0.15, 0.2) is 0 Å². The number of thiazole rings is 1. The fraction of sp³-hybridized carbons (Fsp3) is 0.769. The normalized spacial score (nSPS) is 16.5. The molecule has 0 atom stereocenters. The second-order valence-corrected chi connectivity index (χ2v) is 6.13. The van der Waals surface area contributed by atoms with Crippen LogP contribution in [0.1, 0.15) is 54.6 Å². The number of ether oxygens (including phenoxy) is 1. The Morgan fingerprint density at radius 2 is 2.24 bits per heavy atom. The molecule has 4 heteroatoms. The van der Waals surface area contributed by atoms with Gasteiger partial charge < -0.3 is 10.1 Å². The van der Waals surface area contributed by atoms with E-state index in [0.29, 0.717) is 12.6 Å². The molecule has 1 aliphatic carbocycles. The van der Waals surface area contributed by atoms with Gasteiger partial charge in [-0.2, -0.15) is 0 Å². The average Bonchev–Trinajstić information content (AvgIpc) is 2.56. The van der Waals surface area contributed by atoms with E-state index in [-0.39, 0.29) is 0 Å². The molecule has 0 amide bonds. The molecule has 0 spiro atoms. The lowest BCUT2D eigenvalue weighted by molar-refractivity contribution is 0.181. The molecule has 0 saturated heterocycles. The van der Waals surface area contributed by atoms with E-state index in [9.17, 15) is 0 Å². The van der Waals surface area contributed by atoms with Gasteiger partial charge in [-0.15, -0.1) is 11.3 Å². The molecular formula is C13H22N2OS. The number of nitrogens with one attached hydrogen (secondary N) is 1. The number of aromatic nitrogens is 1. The van der Waals surface area contributed by atoms with E-state index in [0.717, 1.165) is 18.2 Å². The van der Waals surface area contributed by atoms with Crippen molar-refractivity contribution in [3.63, 3.8) is 0 Å². The van der Waals surface area contributed by atoms with Crippen molar-refractivity contribution >= 4 is 11.3 Å². The summed E-state index contributed by atoms with van der Waals surface area (Å²) in [5.74, 6) is 0.725. The summed E-state index contributed by atoms with van der Waals surface area (Å²) >= 11 is 1.87. The first-order chi connectivity index (χ1) is 8.20. The van der Waals surface area contributed by atoms with Crippen molar-refractivity contribution in [1.29, 1.82) is 0 Å². The van der Waals surface area contributed by atoms with E-state index in [2.05, 4.69) is 19.2 Å². The van der Waals surface area contributed by atoms with Gasteiger partial charge in [-0.05, 0) is 12.8 Å². The fourth-order valence-corrected chi connectivity index (χ4v) is 3.11. The van der Waals surface area contributed by atoms with E-state index >= 15 is 0 Å². The third kappa shape index (κ3) is 3.27. The molecule has 17 heavy (non-hydrogen) atoms. The van der Waals surface area contributed by atoms with Crippen molar-refractivity contribution in [3.8, 4) is 0 Å². The Morgan fingerprint density at radius 1 is 1.47 bits per heavy atom. The third-order valence-corrected chi connectivity index (χ3v) is 4.46. The molecule has 1 aromatic heterocycles. The van der Waals surface area contributed by atoms with Gasteiger partial charge in [0, 0.05) is 30.5 Å². The van der Waals surface area contributed by atoms with Crippen molar-refractivity contribution < 1.29 is 4.74 Å². The zero-order valence-electron chi connectivity index (χ0n) is 11.0. The van der Waals surface area contributed by atoms with E-state index in [4.69, 9.17) is 9.72 Å². The average molecular weight is 254 g/mol. The van der Waals surface area contributed by atoms with E-state index in [1.54, 1.807) is 7.11 Å². The Morgan fingerprint density at radius 3 is 2.76 bits per heavy atom. The van der Waals surface area contributed by atoms with Crippen molar-refractivity contribution in [2.24, 2.45) is 0 Å². The lowest BCUT2D eigenvalue weighted by Gasteiger charge is -2.22. The van der Waals surface area contributed by atoms with Crippen LogP contribution >= 0.6 is 11.3 Å². The van der Waals surface area contributed by atoms with Crippen LogP contribution in [0.5, 0.6) is 0 Å². The first kappa shape index (κ1) is 13.0. The van der Waals surface area contributed by atoms with Crippen LogP contribution in [0.3, 0.4) is 0 Å². The van der Waals surface area contributed by atoms with E-state index < -0.39 is 0 Å². The summed E-state index contributed by atoms with van der Waals surface area (Å²) in [7, 11) is 1.74. The van der Waals surface area contributed by atoms with Crippen molar-refractivity contribution in [2.75, 3.05) is 7.11 Å². The van der Waals surface area contributed by atoms with Crippen LogP contribution < -0.4 is 5.32 Å². The zero-order valence-corrected chi connectivity index (χ0v) is 11.8. The maximum atomic E-state index is 5.24. The van der Waals surface area contributed by atoms with Crippen LogP contribution in [-0.2, 0) is 17.9 Å². The molecule has 1 aromatic rings. The summed E-state index contributed by atoms with van der Waals surface area (Å²) in [5.41, 5.74) is 1.13. The maximum absolute atomic E-state index is 5.24. The van der Waals surface area contributed by atoms with Gasteiger partial charge in [0.05, 0.1) is 17.3 Å². The number of rotatable bonds is 6. The van der Waals surface area contributed by atoms with Gasteiger partial charge in [0.15, 0.2) is 0 Å². The molecule has 0 unspecified atom stereocenters. The van der Waals surface area contributed by atoms with E-state index in [1.165, 1.54) is 29.1 Å². The second-order valence-electron chi connectivity index (χ2n) is 5.02. The highest BCUT2D eigenvalue weighted by Gasteiger charge is 2.24. The first-order valence-electron chi connectivity index (χ1n) is 6.41. The Kier molecular flexibility index (Phi) is 4.54. The topological polar surface area (TPSA) is 34.1 Å². The maximum Gasteiger partial charge on any atom is 0.0963 e. The Hall–Kier alpha value is -0.450. The van der Waals surface area contributed by atoms with Crippen LogP contribution in [0, 0.1) is 0 Å². The molecule has 1 aliphatic rings. The number of hydrogen-bond donors (Lipinski definition) is 1. The molecule has 0 bridgehead atoms. The first-order valence-corrected chi connectivity index (χ1v) is 7.23. The fourth-order valence-electron chi connectivity index (χ4n) is 1.92. The van der Waals surface area contributed by atoms with Gasteiger partial charge >= 0.3 is 0 Å². The Labute approximate surface area is 108 Å². The van der Waals surface area contributed by atoms with Crippen LogP contribution in [-0.4, -0.2) is 18.1 Å². The van der Waals surface area contributed by atoms with Gasteiger partial charge in [-0.3, -0.25) is 0 Å². The van der Waals surface area contributed by atoms with Crippen LogP contribution in [0.25, 0.3) is 0 Å². The standard InChI is InChI=1S/C13H22N2OS/c1-9(2)14-7-12-11(8-16-3)15-13(17-12)10-5-4-6-10/h9-10,14H,4-8H2,1-3H3. The van der Waals surface area contributed by atoms with Gasteiger partial charge in [0.2, 0.25) is 0 Å². The SMILES string of the molecule is COCc1nc(C2CCC2)sc1CNC(C)C. The van der Waals surface area contributed by atoms with Crippen LogP contribution in [0.2, 0.25) is 0 Å². The molecule has 0 aromatic carbocycles. The molecular weight excluding hydrogens is 232 g/mol. The predicted molar refractivity (Wildman–Crippen MR) is 71.4 cm³/mol. The molecule has 2 rings (SSSR count). The lowest BCUT2D eigenvalue weighted by atomic mass is 9.86. The minimum absolute atomic E-state index is 0.514. The molecule has 1 heterocycles. The summed E-state index contributed by atoms with van der Waals surface area (Å²) in [6, 6.07) is 0.514. The molecule has 1 N–H and O–H groups in total. The number of nitrogens with zero attached hydrogens (tertiary/aromatic N) is 1. The molecule has 1 fully saturated rings. The Balaban J connectivity index is 2.07. The molecule has 0 aliphatic heterocycles. The summed E-state index contributed by atoms with van der Waals surface area (Å²) in [6.07, 6.45) is 4.00. The smallest absolute Gasteiger partial charge is 0.0963 e. The highest BCUT2D eigenvalue weighted by molar-refractivity contribution is 7.11. The van der Waals surface area contributed by atoms with E-state index in [1.807, 2.05) is 11.3 Å². The molecule has 1 saturated carbocycles. The van der Waals surface area contributed by atoms with Crippen molar-refractivity contribution in [2.45, 2.75) is 58.2 Å². The summed E-state index contributed by atoms with van der Waals surface area (Å²) in [6.45, 7) is 5.90. The molecule has 96 valence electrons. The highest BCUT2D eigenvalue weighted by atomic mass is 32.1. The monoisotopic (exact) mass is 254 g/mol. The van der Waals surface area contributed by atoms with Crippen molar-refractivity contribution in [1.82, 2.24) is 10.3 Å². The molecule has 0 radical (unpaired) electrons. The van der Waals surface area contributed by atoms with Gasteiger partial charge in [0.25, 0.3) is 0 Å². The largest absolute Gasteiger partial charge is 0.378 e. The van der Waals surface area contributed by atoms with Crippen LogP contribution in [0.4, 0.5) is 0 Å². The second kappa shape index (κ2) is 5.94. The minimum atomic E-state index is 0.514. The molecule has 3 nitrogen and oxygen atoms in total. The number of hydrogen-bond acceptors (Lipinski definition) is 4. The lowest BCUT2D eigenvalue weighted by Crippen LogP contribution is -2.21. The van der Waals surface area contributed by atoms with Crippen molar-refractivity contribution in [3.05, 3.63) is 15.6 Å². The summed E-state index contributed by atoms with van der Waals surface area (Å²) in [5, 5.41) is 4.79. The summed E-state index contributed by atoms with van der Waals surface area (Å²) < 4.78 is 5.24. The predicted octanol–water partition coefficient (Wildman–Crippen LogP) is 3.06. The van der Waals surface area contributed by atoms with Gasteiger partial charge in [-0.1, -0.05) is 20.3 Å². The van der Waals surface area contributed by atoms with Gasteiger partial charge in [-0.25, -0.2) is 4.98 Å². The summed E-state index contributed by atoms with van der Waals surface area (Å²) in [4.78, 5) is 6.10. The third-order valence-electron chi connectivity index (χ3n) is 3.20. The minimum Gasteiger partial charge on any atom is -0.378 e. The quantitative estimate of drug-likeness (QED) is 0.847.